The van der Waals surface area contributed by atoms with E-state index in [9.17, 15) is 0 Å². The average molecular weight is 369 g/mol. The minimum atomic E-state index is 0.176. The van der Waals surface area contributed by atoms with Gasteiger partial charge in [0.1, 0.15) is 0 Å². The molecule has 23 heavy (non-hydrogen) atoms. The molecule has 3 rings (SSSR count). The molecule has 2 nitrogen and oxygen atoms in total. The summed E-state index contributed by atoms with van der Waals surface area (Å²) in [4.78, 5) is 0. The van der Waals surface area contributed by atoms with Crippen molar-refractivity contribution in [3.05, 3.63) is 66.2 Å². The summed E-state index contributed by atoms with van der Waals surface area (Å²) in [5.41, 5.74) is 4.88. The van der Waals surface area contributed by atoms with E-state index < -0.39 is 0 Å². The second kappa shape index (κ2) is 6.35. The summed E-state index contributed by atoms with van der Waals surface area (Å²) in [5, 5.41) is 4.85. The van der Waals surface area contributed by atoms with Gasteiger partial charge in [-0.1, -0.05) is 0 Å². The molecule has 0 saturated carbocycles. The second-order valence-electron chi connectivity index (χ2n) is 6.65. The van der Waals surface area contributed by atoms with Gasteiger partial charge in [0.2, 0.25) is 0 Å². The summed E-state index contributed by atoms with van der Waals surface area (Å²) in [6, 6.07) is 21.4. The Labute approximate surface area is 144 Å². The Kier molecular flexibility index (Phi) is 4.43. The van der Waals surface area contributed by atoms with Crippen LogP contribution in [0.5, 0.6) is 0 Å². The van der Waals surface area contributed by atoms with Crippen LogP contribution in [0.1, 0.15) is 26.3 Å². The molecule has 0 unspecified atom stereocenters. The fourth-order valence-corrected chi connectivity index (χ4v) is 3.70. The molecular weight excluding hydrogens is 347 g/mol. The van der Waals surface area contributed by atoms with Crippen LogP contribution in [0.4, 0.5) is 0 Å². The van der Waals surface area contributed by atoms with Crippen molar-refractivity contribution in [1.29, 1.82) is 0 Å². The number of aromatic nitrogens is 2. The van der Waals surface area contributed by atoms with Gasteiger partial charge in [-0.25, -0.2) is 0 Å². The van der Waals surface area contributed by atoms with Crippen molar-refractivity contribution in [3.63, 3.8) is 0 Å². The van der Waals surface area contributed by atoms with E-state index >= 15 is 0 Å². The van der Waals surface area contributed by atoms with Gasteiger partial charge in [-0.2, -0.15) is 0 Å². The first kappa shape index (κ1) is 16.0. The SMILES string of the molecule is C[Se]c1cc(-c2ccccc2)nn1-c1ccc(C(C)(C)C)cc1. The van der Waals surface area contributed by atoms with Crippen molar-refractivity contribution in [2.45, 2.75) is 32.0 Å². The molecule has 0 amide bonds. The summed E-state index contributed by atoms with van der Waals surface area (Å²) >= 11 is 0.392. The standard InChI is InChI=1S/C20H22N2Se/c1-20(2,3)16-10-12-17(13-11-16)22-19(23-4)14-18(21-22)15-8-6-5-7-9-15/h5-14H,1-4H3. The Morgan fingerprint density at radius 1 is 0.913 bits per heavy atom. The monoisotopic (exact) mass is 370 g/mol. The molecule has 0 bridgehead atoms. The normalized spacial score (nSPS) is 11.7. The molecule has 0 N–H and O–H groups in total. The summed E-state index contributed by atoms with van der Waals surface area (Å²) in [7, 11) is 0. The van der Waals surface area contributed by atoms with E-state index in [1.54, 1.807) is 0 Å². The maximum absolute atomic E-state index is 4.85. The third-order valence-corrected chi connectivity index (χ3v) is 5.42. The molecule has 0 aliphatic heterocycles. The van der Waals surface area contributed by atoms with Gasteiger partial charge in [-0.3, -0.25) is 0 Å². The van der Waals surface area contributed by atoms with E-state index in [0.29, 0.717) is 15.0 Å². The summed E-state index contributed by atoms with van der Waals surface area (Å²) in [6.07, 6.45) is 0. The van der Waals surface area contributed by atoms with Crippen LogP contribution >= 0.6 is 0 Å². The first-order valence-corrected chi connectivity index (χ1v) is 10.4. The maximum atomic E-state index is 4.85. The molecule has 1 heterocycles. The van der Waals surface area contributed by atoms with E-state index in [-0.39, 0.29) is 5.41 Å². The third-order valence-electron chi connectivity index (χ3n) is 3.93. The van der Waals surface area contributed by atoms with Crippen molar-refractivity contribution in [2.24, 2.45) is 0 Å². The van der Waals surface area contributed by atoms with E-state index in [1.165, 1.54) is 15.7 Å². The first-order chi connectivity index (χ1) is 11.0. The number of nitrogens with zero attached hydrogens (tertiary/aromatic N) is 2. The minimum absolute atomic E-state index is 0.176. The quantitative estimate of drug-likeness (QED) is 0.633. The molecule has 0 spiro atoms. The van der Waals surface area contributed by atoms with Crippen molar-refractivity contribution in [1.82, 2.24) is 9.78 Å². The number of benzene rings is 2. The molecule has 0 atom stereocenters. The van der Waals surface area contributed by atoms with Gasteiger partial charge in [0.15, 0.2) is 0 Å². The molecule has 0 fully saturated rings. The molecule has 118 valence electrons. The summed E-state index contributed by atoms with van der Waals surface area (Å²) in [5.74, 6) is 2.23. The van der Waals surface area contributed by atoms with Gasteiger partial charge >= 0.3 is 145 Å². The van der Waals surface area contributed by atoms with Gasteiger partial charge in [0.05, 0.1) is 0 Å². The Hall–Kier alpha value is -1.83. The van der Waals surface area contributed by atoms with E-state index in [0.717, 1.165) is 11.4 Å². The summed E-state index contributed by atoms with van der Waals surface area (Å²) < 4.78 is 3.38. The van der Waals surface area contributed by atoms with Crippen molar-refractivity contribution in [3.8, 4) is 16.9 Å². The molecule has 0 radical (unpaired) electrons. The van der Waals surface area contributed by atoms with Crippen LogP contribution in [-0.2, 0) is 5.41 Å². The van der Waals surface area contributed by atoms with Crippen molar-refractivity contribution >= 4 is 19.5 Å². The third kappa shape index (κ3) is 3.41. The van der Waals surface area contributed by atoms with Gasteiger partial charge < -0.3 is 0 Å². The molecule has 0 aliphatic rings. The fraction of sp³-hybridized carbons (Fsp3) is 0.250. The van der Waals surface area contributed by atoms with Gasteiger partial charge in [-0.15, -0.1) is 0 Å². The van der Waals surface area contributed by atoms with Crippen LogP contribution in [0.3, 0.4) is 0 Å². The zero-order chi connectivity index (χ0) is 16.4. The molecule has 3 aromatic rings. The molecule has 2 aromatic carbocycles. The Balaban J connectivity index is 2.01. The van der Waals surface area contributed by atoms with Crippen LogP contribution in [0.2, 0.25) is 5.82 Å². The van der Waals surface area contributed by atoms with Crippen LogP contribution in [0.15, 0.2) is 60.7 Å². The van der Waals surface area contributed by atoms with Crippen LogP contribution < -0.4 is 4.59 Å². The fourth-order valence-electron chi connectivity index (χ4n) is 2.55. The Morgan fingerprint density at radius 3 is 2.13 bits per heavy atom. The Morgan fingerprint density at radius 2 is 1.57 bits per heavy atom. The predicted octanol–water partition coefficient (Wildman–Crippen LogP) is 4.21. The molecule has 1 aromatic heterocycles. The number of hydrogen-bond donors (Lipinski definition) is 0. The van der Waals surface area contributed by atoms with Crippen molar-refractivity contribution < 1.29 is 0 Å². The summed E-state index contributed by atoms with van der Waals surface area (Å²) in [6.45, 7) is 6.72. The molecular formula is C20H22N2Se. The topological polar surface area (TPSA) is 17.8 Å². The predicted molar refractivity (Wildman–Crippen MR) is 99.0 cm³/mol. The van der Waals surface area contributed by atoms with Gasteiger partial charge in [0.25, 0.3) is 0 Å². The Bertz CT molecular complexity index is 781. The first-order valence-electron chi connectivity index (χ1n) is 7.79. The average Bonchev–Trinajstić information content (AvgIpc) is 2.99. The molecule has 0 saturated heterocycles. The number of hydrogen-bond acceptors (Lipinski definition) is 1. The number of rotatable bonds is 3. The van der Waals surface area contributed by atoms with Crippen LogP contribution in [0, 0.1) is 0 Å². The van der Waals surface area contributed by atoms with Crippen molar-refractivity contribution in [2.75, 3.05) is 0 Å². The van der Waals surface area contributed by atoms with Gasteiger partial charge in [-0.05, 0) is 0 Å². The molecule has 3 heteroatoms. The van der Waals surface area contributed by atoms with E-state index in [2.05, 4.69) is 85.9 Å². The zero-order valence-electron chi connectivity index (χ0n) is 14.1. The van der Waals surface area contributed by atoms with Crippen LogP contribution in [0.25, 0.3) is 16.9 Å². The van der Waals surface area contributed by atoms with E-state index in [1.807, 2.05) is 6.07 Å². The zero-order valence-corrected chi connectivity index (χ0v) is 15.8. The molecule has 0 aliphatic carbocycles. The van der Waals surface area contributed by atoms with Gasteiger partial charge in [0, 0.05) is 0 Å². The van der Waals surface area contributed by atoms with Crippen LogP contribution in [-0.4, -0.2) is 24.7 Å². The second-order valence-corrected chi connectivity index (χ2v) is 8.38. The van der Waals surface area contributed by atoms with E-state index in [4.69, 9.17) is 5.10 Å².